The highest BCUT2D eigenvalue weighted by Gasteiger charge is 2.53. The molecule has 0 saturated heterocycles. The van der Waals surface area contributed by atoms with E-state index >= 15 is 0 Å². The molecule has 2 atom stereocenters. The highest BCUT2D eigenvalue weighted by molar-refractivity contribution is 7.11. The van der Waals surface area contributed by atoms with Crippen LogP contribution in [-0.4, -0.2) is 31.7 Å². The first kappa shape index (κ1) is 12.7. The molecule has 1 amide bonds. The molecule has 2 radical (unpaired) electrons. The molecule has 6 heteroatoms. The first-order valence-corrected chi connectivity index (χ1v) is 7.29. The molecule has 0 unspecified atom stereocenters. The molecule has 0 aromatic carbocycles. The first-order valence-electron chi connectivity index (χ1n) is 6.41. The van der Waals surface area contributed by atoms with Crippen LogP contribution in [-0.2, 0) is 10.3 Å². The molecule has 98 valence electrons. The van der Waals surface area contributed by atoms with E-state index in [2.05, 4.69) is 4.99 Å². The van der Waals surface area contributed by atoms with Crippen molar-refractivity contribution in [3.05, 3.63) is 16.3 Å². The molecule has 1 aliphatic carbocycles. The van der Waals surface area contributed by atoms with Gasteiger partial charge < -0.3 is 5.73 Å². The fourth-order valence-corrected chi connectivity index (χ4v) is 3.81. The van der Waals surface area contributed by atoms with Gasteiger partial charge in [0, 0.05) is 11.9 Å². The van der Waals surface area contributed by atoms with Gasteiger partial charge in [-0.15, -0.1) is 11.3 Å². The van der Waals surface area contributed by atoms with Gasteiger partial charge in [-0.25, -0.2) is 4.99 Å². The normalized spacial score (nSPS) is 31.5. The molecule has 1 aromatic heterocycles. The molecule has 1 aliphatic heterocycles. The molecule has 1 aromatic rings. The van der Waals surface area contributed by atoms with Gasteiger partial charge in [0.05, 0.1) is 5.92 Å². The summed E-state index contributed by atoms with van der Waals surface area (Å²) in [6.45, 7) is 2.00. The van der Waals surface area contributed by atoms with E-state index in [-0.39, 0.29) is 17.8 Å². The van der Waals surface area contributed by atoms with Crippen molar-refractivity contribution in [3.8, 4) is 0 Å². The van der Waals surface area contributed by atoms with Crippen LogP contribution in [0.15, 0.2) is 16.4 Å². The van der Waals surface area contributed by atoms with Crippen LogP contribution < -0.4 is 11.2 Å². The van der Waals surface area contributed by atoms with Crippen LogP contribution in [0.4, 0.5) is 0 Å². The summed E-state index contributed by atoms with van der Waals surface area (Å²) in [4.78, 5) is 19.7. The highest BCUT2D eigenvalue weighted by Crippen LogP contribution is 2.50. The van der Waals surface area contributed by atoms with E-state index in [1.807, 2.05) is 18.4 Å². The van der Waals surface area contributed by atoms with E-state index in [9.17, 15) is 4.79 Å². The number of hydrogen-bond acceptors (Lipinski definition) is 4. The third-order valence-electron chi connectivity index (χ3n) is 4.10. The van der Waals surface area contributed by atoms with Crippen LogP contribution in [0.3, 0.4) is 0 Å². The zero-order valence-electron chi connectivity index (χ0n) is 11.1. The SMILES string of the molecule is [B]c1csc([C@@]2(C)N=C(N)N(C)C(=O)[C@H]2C2CC2)c1. The van der Waals surface area contributed by atoms with Gasteiger partial charge in [-0.05, 0) is 31.1 Å². The van der Waals surface area contributed by atoms with Crippen LogP contribution in [0.1, 0.15) is 24.6 Å². The summed E-state index contributed by atoms with van der Waals surface area (Å²) in [6, 6.07) is 1.91. The number of nitrogens with two attached hydrogens (primary N) is 1. The molecule has 0 spiro atoms. The Labute approximate surface area is 118 Å². The van der Waals surface area contributed by atoms with Crippen molar-refractivity contribution in [1.82, 2.24) is 4.90 Å². The molecule has 2 N–H and O–H groups in total. The second-order valence-corrected chi connectivity index (χ2v) is 6.49. The Bertz CT molecular complexity index is 566. The van der Waals surface area contributed by atoms with Crippen LogP contribution in [0.2, 0.25) is 0 Å². The van der Waals surface area contributed by atoms with Gasteiger partial charge in [-0.3, -0.25) is 9.69 Å². The highest BCUT2D eigenvalue weighted by atomic mass is 32.1. The zero-order valence-corrected chi connectivity index (χ0v) is 11.9. The first-order chi connectivity index (χ1) is 8.93. The summed E-state index contributed by atoms with van der Waals surface area (Å²) < 4.78 is 0. The lowest BCUT2D eigenvalue weighted by Gasteiger charge is -2.40. The fraction of sp³-hybridized carbons (Fsp3) is 0.538. The second-order valence-electron chi connectivity index (χ2n) is 5.57. The quantitative estimate of drug-likeness (QED) is 0.801. The third kappa shape index (κ3) is 1.89. The number of amides is 1. The zero-order chi connectivity index (χ0) is 13.8. The predicted molar refractivity (Wildman–Crippen MR) is 77.7 cm³/mol. The maximum Gasteiger partial charge on any atom is 0.235 e. The third-order valence-corrected chi connectivity index (χ3v) is 5.28. The van der Waals surface area contributed by atoms with Gasteiger partial charge in [-0.1, -0.05) is 11.5 Å². The summed E-state index contributed by atoms with van der Waals surface area (Å²) in [7, 11) is 7.51. The lowest BCUT2D eigenvalue weighted by molar-refractivity contribution is -0.134. The van der Waals surface area contributed by atoms with E-state index < -0.39 is 5.54 Å². The Morgan fingerprint density at radius 1 is 1.58 bits per heavy atom. The number of hydrogen-bond donors (Lipinski definition) is 1. The Kier molecular flexibility index (Phi) is 2.75. The summed E-state index contributed by atoms with van der Waals surface area (Å²) >= 11 is 1.55. The molecular weight excluding hydrogens is 257 g/mol. The van der Waals surface area contributed by atoms with Crippen LogP contribution in [0, 0.1) is 11.8 Å². The standard InChI is InChI=1S/C13H16BN3OS/c1-13(9-5-8(14)6-19-9)10(7-3-4-7)11(18)17(2)12(15)16-13/h5-7,10H,3-4H2,1-2H3,(H2,15,16)/t10-,13-/m1/s1. The van der Waals surface area contributed by atoms with Crippen LogP contribution >= 0.6 is 11.3 Å². The van der Waals surface area contributed by atoms with Gasteiger partial charge in [0.2, 0.25) is 5.91 Å². The molecular formula is C13H16BN3OS. The number of aliphatic imine (C=N–C) groups is 1. The number of thiophene rings is 1. The maximum atomic E-state index is 12.6. The van der Waals surface area contributed by atoms with Crippen LogP contribution in [0.5, 0.6) is 0 Å². The summed E-state index contributed by atoms with van der Waals surface area (Å²) in [5.74, 6) is 0.656. The van der Waals surface area contributed by atoms with Crippen molar-refractivity contribution in [2.75, 3.05) is 7.05 Å². The van der Waals surface area contributed by atoms with E-state index in [0.717, 1.165) is 23.2 Å². The van der Waals surface area contributed by atoms with E-state index in [1.165, 1.54) is 4.90 Å². The summed E-state index contributed by atoms with van der Waals surface area (Å²) in [6.07, 6.45) is 2.19. The van der Waals surface area contributed by atoms with Crippen LogP contribution in [0.25, 0.3) is 0 Å². The predicted octanol–water partition coefficient (Wildman–Crippen LogP) is 0.570. The monoisotopic (exact) mass is 273 g/mol. The molecule has 0 bridgehead atoms. The Hall–Kier alpha value is -1.30. The Morgan fingerprint density at radius 2 is 2.26 bits per heavy atom. The molecule has 2 heterocycles. The Morgan fingerprint density at radius 3 is 2.79 bits per heavy atom. The van der Waals surface area contributed by atoms with Crippen molar-refractivity contribution in [2.45, 2.75) is 25.3 Å². The number of carbonyl (C=O) groups excluding carboxylic acids is 1. The molecule has 1 fully saturated rings. The Balaban J connectivity index is 2.12. The minimum Gasteiger partial charge on any atom is -0.369 e. The van der Waals surface area contributed by atoms with Crippen molar-refractivity contribution in [3.63, 3.8) is 0 Å². The van der Waals surface area contributed by atoms with Gasteiger partial charge in [0.1, 0.15) is 13.4 Å². The number of nitrogens with zero attached hydrogens (tertiary/aromatic N) is 2. The summed E-state index contributed by atoms with van der Waals surface area (Å²) in [5.41, 5.74) is 6.05. The lowest BCUT2D eigenvalue weighted by atomic mass is 9.78. The minimum absolute atomic E-state index is 0.0736. The maximum absolute atomic E-state index is 12.6. The number of carbonyl (C=O) groups is 1. The molecule has 2 aliphatic rings. The van der Waals surface area contributed by atoms with E-state index in [1.54, 1.807) is 18.4 Å². The van der Waals surface area contributed by atoms with Gasteiger partial charge in [0.25, 0.3) is 0 Å². The van der Waals surface area contributed by atoms with E-state index in [4.69, 9.17) is 13.6 Å². The van der Waals surface area contributed by atoms with Crippen molar-refractivity contribution < 1.29 is 4.79 Å². The molecule has 4 nitrogen and oxygen atoms in total. The average Bonchev–Trinajstić information content (AvgIpc) is 3.07. The largest absolute Gasteiger partial charge is 0.369 e. The lowest BCUT2D eigenvalue weighted by Crippen LogP contribution is -2.54. The van der Waals surface area contributed by atoms with Crippen molar-refractivity contribution >= 4 is 36.5 Å². The second kappa shape index (κ2) is 4.10. The van der Waals surface area contributed by atoms with Gasteiger partial charge in [0.15, 0.2) is 5.96 Å². The van der Waals surface area contributed by atoms with Gasteiger partial charge in [-0.2, -0.15) is 0 Å². The van der Waals surface area contributed by atoms with E-state index in [0.29, 0.717) is 5.92 Å². The van der Waals surface area contributed by atoms with Crippen molar-refractivity contribution in [1.29, 1.82) is 0 Å². The topological polar surface area (TPSA) is 58.7 Å². The average molecular weight is 273 g/mol. The molecule has 19 heavy (non-hydrogen) atoms. The number of rotatable bonds is 2. The summed E-state index contributed by atoms with van der Waals surface area (Å²) in [5, 5.41) is 1.89. The smallest absolute Gasteiger partial charge is 0.235 e. The minimum atomic E-state index is -0.572. The fourth-order valence-electron chi connectivity index (χ4n) is 2.86. The number of guanidine groups is 1. The molecule has 1 saturated carbocycles. The molecule has 3 rings (SSSR count). The van der Waals surface area contributed by atoms with Crippen molar-refractivity contribution in [2.24, 2.45) is 22.6 Å². The van der Waals surface area contributed by atoms with Gasteiger partial charge >= 0.3 is 0 Å².